The van der Waals surface area contributed by atoms with E-state index < -0.39 is 17.2 Å². The maximum atomic E-state index is 13.0. The van der Waals surface area contributed by atoms with Crippen LogP contribution >= 0.6 is 23.2 Å². The minimum absolute atomic E-state index is 0.0696. The van der Waals surface area contributed by atoms with E-state index in [1.807, 2.05) is 12.1 Å². The molecule has 0 spiro atoms. The van der Waals surface area contributed by atoms with Crippen LogP contribution in [0.3, 0.4) is 0 Å². The van der Waals surface area contributed by atoms with Crippen molar-refractivity contribution >= 4 is 40.7 Å². The summed E-state index contributed by atoms with van der Waals surface area (Å²) < 4.78 is 7.55. The highest BCUT2D eigenvalue weighted by molar-refractivity contribution is 6.39. The van der Waals surface area contributed by atoms with Gasteiger partial charge in [-0.3, -0.25) is 23.9 Å². The second-order valence-corrected chi connectivity index (χ2v) is 11.0. The zero-order valence-electron chi connectivity index (χ0n) is 24.1. The number of rotatable bonds is 9. The molecule has 2 amide bonds. The van der Waals surface area contributed by atoms with Crippen LogP contribution in [0.25, 0.3) is 22.5 Å². The highest BCUT2D eigenvalue weighted by Gasteiger charge is 2.22. The number of hydrogen-bond acceptors (Lipinski definition) is 8. The van der Waals surface area contributed by atoms with Gasteiger partial charge in [0.2, 0.25) is 11.8 Å². The van der Waals surface area contributed by atoms with Crippen LogP contribution < -0.4 is 31.9 Å². The van der Waals surface area contributed by atoms with E-state index in [1.54, 1.807) is 30.5 Å². The van der Waals surface area contributed by atoms with Crippen molar-refractivity contribution in [3.63, 3.8) is 0 Å². The van der Waals surface area contributed by atoms with Crippen molar-refractivity contribution in [1.29, 1.82) is 0 Å². The van der Waals surface area contributed by atoms with Gasteiger partial charge in [0.15, 0.2) is 0 Å². The highest BCUT2D eigenvalue weighted by Crippen LogP contribution is 2.40. The standard InChI is InChI=1S/C30H29Cl2N7O5/c1-38-15-20(29(42)39(2)30(38)43)27(41)36-22-6-4-5-19(24(22)31)26-25(32)18(11-12-34-26)21-9-7-16(28(37-21)44-3)13-33-14-17-8-10-23(40)35-17/h4-7,9,11-12,15,17,33H,8,10,13-14H2,1-3H3,(H,35,40)(H,36,41). The average Bonchev–Trinajstić information content (AvgIpc) is 3.44. The van der Waals surface area contributed by atoms with Crippen molar-refractivity contribution in [3.8, 4) is 28.4 Å². The molecule has 4 heterocycles. The Morgan fingerprint density at radius 1 is 1.09 bits per heavy atom. The number of halogens is 2. The summed E-state index contributed by atoms with van der Waals surface area (Å²) in [6.45, 7) is 1.13. The Bertz CT molecular complexity index is 1890. The van der Waals surface area contributed by atoms with Crippen molar-refractivity contribution in [1.82, 2.24) is 29.7 Å². The Balaban J connectivity index is 1.40. The molecule has 228 valence electrons. The Morgan fingerprint density at radius 2 is 1.89 bits per heavy atom. The summed E-state index contributed by atoms with van der Waals surface area (Å²) in [5.41, 5.74) is 1.48. The molecule has 1 unspecified atom stereocenters. The molecular formula is C30H29Cl2N7O5. The monoisotopic (exact) mass is 637 g/mol. The van der Waals surface area contributed by atoms with E-state index in [4.69, 9.17) is 27.9 Å². The minimum atomic E-state index is -0.734. The number of methoxy groups -OCH3 is 1. The van der Waals surface area contributed by atoms with Gasteiger partial charge in [-0.2, -0.15) is 0 Å². The molecule has 1 saturated heterocycles. The van der Waals surface area contributed by atoms with Gasteiger partial charge >= 0.3 is 5.69 Å². The van der Waals surface area contributed by atoms with Crippen molar-refractivity contribution < 1.29 is 14.3 Å². The Morgan fingerprint density at radius 3 is 2.61 bits per heavy atom. The van der Waals surface area contributed by atoms with Crippen LogP contribution in [0.15, 0.2) is 58.4 Å². The lowest BCUT2D eigenvalue weighted by atomic mass is 10.1. The van der Waals surface area contributed by atoms with E-state index in [0.29, 0.717) is 47.9 Å². The molecule has 1 atom stereocenters. The van der Waals surface area contributed by atoms with E-state index in [-0.39, 0.29) is 33.2 Å². The van der Waals surface area contributed by atoms with E-state index in [0.717, 1.165) is 21.1 Å². The summed E-state index contributed by atoms with van der Waals surface area (Å²) >= 11 is 13.6. The van der Waals surface area contributed by atoms with Gasteiger partial charge in [-0.15, -0.1) is 0 Å². The second-order valence-electron chi connectivity index (χ2n) is 10.2. The van der Waals surface area contributed by atoms with Gasteiger partial charge < -0.3 is 25.3 Å². The zero-order valence-corrected chi connectivity index (χ0v) is 25.6. The molecule has 0 aliphatic carbocycles. The number of carbonyl (C=O) groups excluding carboxylic acids is 2. The zero-order chi connectivity index (χ0) is 31.5. The van der Waals surface area contributed by atoms with Gasteiger partial charge in [0.25, 0.3) is 11.5 Å². The van der Waals surface area contributed by atoms with Crippen molar-refractivity contribution in [2.75, 3.05) is 19.0 Å². The number of aryl methyl sites for hydroxylation is 1. The first kappa shape index (κ1) is 30.9. The predicted octanol–water partition coefficient (Wildman–Crippen LogP) is 3.14. The Labute approximate surface area is 262 Å². The highest BCUT2D eigenvalue weighted by atomic mass is 35.5. The van der Waals surface area contributed by atoms with Crippen molar-refractivity contribution in [2.45, 2.75) is 25.4 Å². The van der Waals surface area contributed by atoms with Crippen LogP contribution in [0.5, 0.6) is 5.88 Å². The Hall–Kier alpha value is -4.52. The first-order valence-electron chi connectivity index (χ1n) is 13.6. The van der Waals surface area contributed by atoms with E-state index in [9.17, 15) is 19.2 Å². The van der Waals surface area contributed by atoms with E-state index >= 15 is 0 Å². The summed E-state index contributed by atoms with van der Waals surface area (Å²) in [5.74, 6) is -0.237. The van der Waals surface area contributed by atoms with Crippen LogP contribution in [0, 0.1) is 0 Å². The summed E-state index contributed by atoms with van der Waals surface area (Å²) in [4.78, 5) is 58.1. The first-order valence-corrected chi connectivity index (χ1v) is 14.4. The number of carbonyl (C=O) groups is 2. The van der Waals surface area contributed by atoms with Gasteiger partial charge in [0.05, 0.1) is 34.2 Å². The van der Waals surface area contributed by atoms with E-state index in [1.165, 1.54) is 27.4 Å². The van der Waals surface area contributed by atoms with Gasteiger partial charge in [0.1, 0.15) is 5.56 Å². The molecule has 0 saturated carbocycles. The van der Waals surface area contributed by atoms with Gasteiger partial charge in [-0.05, 0) is 24.6 Å². The molecule has 1 aromatic carbocycles. The fraction of sp³-hybridized carbons (Fsp3) is 0.267. The molecule has 12 nitrogen and oxygen atoms in total. The molecule has 4 aromatic rings. The number of hydrogen-bond donors (Lipinski definition) is 3. The number of benzene rings is 1. The van der Waals surface area contributed by atoms with E-state index in [2.05, 4.69) is 25.9 Å². The fourth-order valence-corrected chi connectivity index (χ4v) is 5.51. The minimum Gasteiger partial charge on any atom is -0.481 e. The maximum absolute atomic E-state index is 13.0. The number of anilines is 1. The summed E-state index contributed by atoms with van der Waals surface area (Å²) in [6.07, 6.45) is 4.10. The lowest BCUT2D eigenvalue weighted by molar-refractivity contribution is -0.119. The number of nitrogens with one attached hydrogen (secondary N) is 3. The normalized spacial score (nSPS) is 14.4. The largest absolute Gasteiger partial charge is 0.481 e. The van der Waals surface area contributed by atoms with Gasteiger partial charge in [0, 0.05) is 68.7 Å². The molecule has 0 bridgehead atoms. The molecule has 1 fully saturated rings. The second kappa shape index (κ2) is 13.0. The number of ether oxygens (including phenoxy) is 1. The molecule has 3 N–H and O–H groups in total. The average molecular weight is 639 g/mol. The maximum Gasteiger partial charge on any atom is 0.330 e. The molecule has 14 heteroatoms. The summed E-state index contributed by atoms with van der Waals surface area (Å²) in [5, 5.41) is 9.35. The first-order chi connectivity index (χ1) is 21.1. The van der Waals surface area contributed by atoms with Gasteiger partial charge in [-0.25, -0.2) is 9.78 Å². The quantitative estimate of drug-likeness (QED) is 0.253. The summed E-state index contributed by atoms with van der Waals surface area (Å²) in [6, 6.07) is 10.5. The number of amides is 2. The van der Waals surface area contributed by atoms with Crippen LogP contribution in [0.4, 0.5) is 5.69 Å². The third-order valence-electron chi connectivity index (χ3n) is 7.28. The van der Waals surface area contributed by atoms with Crippen LogP contribution in [-0.4, -0.2) is 50.6 Å². The molecule has 44 heavy (non-hydrogen) atoms. The van der Waals surface area contributed by atoms with Crippen LogP contribution in [0.1, 0.15) is 28.8 Å². The topological polar surface area (TPSA) is 149 Å². The lowest BCUT2D eigenvalue weighted by Crippen LogP contribution is -2.40. The van der Waals surface area contributed by atoms with Gasteiger partial charge in [-0.1, -0.05) is 41.4 Å². The molecule has 0 radical (unpaired) electrons. The van der Waals surface area contributed by atoms with Crippen molar-refractivity contribution in [3.05, 3.63) is 90.8 Å². The number of aromatic nitrogens is 4. The van der Waals surface area contributed by atoms with Crippen molar-refractivity contribution in [2.24, 2.45) is 14.1 Å². The number of pyridine rings is 2. The molecule has 3 aromatic heterocycles. The Kier molecular flexibility index (Phi) is 9.14. The predicted molar refractivity (Wildman–Crippen MR) is 167 cm³/mol. The third-order valence-corrected chi connectivity index (χ3v) is 8.07. The van der Waals surface area contributed by atoms with Crippen LogP contribution in [0.2, 0.25) is 10.0 Å². The molecular weight excluding hydrogens is 609 g/mol. The van der Waals surface area contributed by atoms with Crippen LogP contribution in [-0.2, 0) is 25.4 Å². The molecule has 5 rings (SSSR count). The third kappa shape index (κ3) is 6.23. The summed E-state index contributed by atoms with van der Waals surface area (Å²) in [7, 11) is 4.28. The smallest absolute Gasteiger partial charge is 0.330 e. The number of nitrogens with zero attached hydrogens (tertiary/aromatic N) is 4. The molecule has 1 aliphatic heterocycles. The fourth-order valence-electron chi connectivity index (χ4n) is 4.94. The molecule has 1 aliphatic rings. The lowest BCUT2D eigenvalue weighted by Gasteiger charge is -2.15. The SMILES string of the molecule is COc1nc(-c2ccnc(-c3cccc(NC(=O)c4cn(C)c(=O)n(C)c4=O)c3Cl)c2Cl)ccc1CNCC1CCC(=O)N1.